The van der Waals surface area contributed by atoms with Crippen LogP contribution in [0.3, 0.4) is 0 Å². The average molecular weight is 323 g/mol. The largest absolute Gasteiger partial charge is 0.326 e. The summed E-state index contributed by atoms with van der Waals surface area (Å²) >= 11 is 0. The summed E-state index contributed by atoms with van der Waals surface area (Å²) in [4.78, 5) is 26.7. The molecule has 7 heteroatoms. The summed E-state index contributed by atoms with van der Waals surface area (Å²) in [7, 11) is 0. The van der Waals surface area contributed by atoms with Crippen LogP contribution in [0.15, 0.2) is 53.6 Å². The van der Waals surface area contributed by atoms with Gasteiger partial charge in [-0.15, -0.1) is 0 Å². The molecular formula is C17H17N5O2. The van der Waals surface area contributed by atoms with E-state index in [1.165, 1.54) is 0 Å². The molecular weight excluding hydrogens is 306 g/mol. The highest BCUT2D eigenvalue weighted by Gasteiger charge is 2.10. The molecule has 0 fully saturated rings. The van der Waals surface area contributed by atoms with Gasteiger partial charge in [-0.05, 0) is 36.2 Å². The lowest BCUT2D eigenvalue weighted by Crippen LogP contribution is -2.13. The fraction of sp³-hybridized carbons (Fsp3) is 0.176. The van der Waals surface area contributed by atoms with Crippen LogP contribution in [0.2, 0.25) is 0 Å². The third-order valence-corrected chi connectivity index (χ3v) is 3.18. The first-order valence-electron chi connectivity index (χ1n) is 7.49. The Labute approximate surface area is 139 Å². The van der Waals surface area contributed by atoms with Crippen LogP contribution >= 0.6 is 0 Å². The van der Waals surface area contributed by atoms with Crippen LogP contribution in [0.1, 0.15) is 30.1 Å². The molecule has 0 saturated heterocycles. The van der Waals surface area contributed by atoms with Gasteiger partial charge in [-0.2, -0.15) is 0 Å². The zero-order chi connectivity index (χ0) is 17.4. The van der Waals surface area contributed by atoms with E-state index in [2.05, 4.69) is 20.7 Å². The Bertz CT molecular complexity index is 797. The number of azide groups is 1. The van der Waals surface area contributed by atoms with Gasteiger partial charge in [0.15, 0.2) is 0 Å². The van der Waals surface area contributed by atoms with Gasteiger partial charge in [0, 0.05) is 28.3 Å². The molecule has 0 saturated carbocycles. The van der Waals surface area contributed by atoms with E-state index in [0.717, 1.165) is 6.42 Å². The highest BCUT2D eigenvalue weighted by Crippen LogP contribution is 2.21. The molecule has 2 aromatic carbocycles. The molecule has 0 atom stereocenters. The number of carbonyl (C=O) groups excluding carboxylic acids is 2. The highest BCUT2D eigenvalue weighted by molar-refractivity contribution is 6.07. The quantitative estimate of drug-likeness (QED) is 0.459. The Kier molecular flexibility index (Phi) is 5.94. The molecule has 2 amide bonds. The zero-order valence-corrected chi connectivity index (χ0v) is 13.2. The van der Waals surface area contributed by atoms with E-state index in [4.69, 9.17) is 5.53 Å². The van der Waals surface area contributed by atoms with Crippen molar-refractivity contribution in [2.75, 3.05) is 10.6 Å². The normalized spacial score (nSPS) is 9.71. The van der Waals surface area contributed by atoms with E-state index in [9.17, 15) is 9.59 Å². The molecule has 2 rings (SSSR count). The van der Waals surface area contributed by atoms with Crippen LogP contribution in [0.25, 0.3) is 10.4 Å². The average Bonchev–Trinajstić information content (AvgIpc) is 2.56. The van der Waals surface area contributed by atoms with E-state index < -0.39 is 5.91 Å². The Hall–Kier alpha value is -3.31. The van der Waals surface area contributed by atoms with Crippen molar-refractivity contribution in [1.29, 1.82) is 0 Å². The van der Waals surface area contributed by atoms with Crippen LogP contribution in [0.5, 0.6) is 0 Å². The Morgan fingerprint density at radius 3 is 2.50 bits per heavy atom. The molecule has 2 aromatic rings. The summed E-state index contributed by atoms with van der Waals surface area (Å²) in [5.41, 5.74) is 10.2. The molecule has 0 aromatic heterocycles. The van der Waals surface area contributed by atoms with Gasteiger partial charge in [-0.25, -0.2) is 0 Å². The van der Waals surface area contributed by atoms with Gasteiger partial charge in [0.25, 0.3) is 5.91 Å². The first kappa shape index (κ1) is 17.1. The fourth-order valence-electron chi connectivity index (χ4n) is 2.12. The van der Waals surface area contributed by atoms with Gasteiger partial charge >= 0.3 is 0 Å². The summed E-state index contributed by atoms with van der Waals surface area (Å²) in [6, 6.07) is 13.4. The van der Waals surface area contributed by atoms with Crippen molar-refractivity contribution in [3.63, 3.8) is 0 Å². The Morgan fingerprint density at radius 2 is 1.79 bits per heavy atom. The van der Waals surface area contributed by atoms with Crippen molar-refractivity contribution >= 4 is 28.9 Å². The summed E-state index contributed by atoms with van der Waals surface area (Å²) in [6.45, 7) is 1.93. The smallest absolute Gasteiger partial charge is 0.256 e. The molecule has 0 spiro atoms. The maximum Gasteiger partial charge on any atom is 0.256 e. The maximum atomic E-state index is 12.4. The van der Waals surface area contributed by atoms with E-state index >= 15 is 0 Å². The lowest BCUT2D eigenvalue weighted by molar-refractivity contribution is -0.116. The number of hydrogen-bond acceptors (Lipinski definition) is 3. The minimum absolute atomic E-state index is 0.0744. The third-order valence-electron chi connectivity index (χ3n) is 3.18. The molecule has 122 valence electrons. The second kappa shape index (κ2) is 8.36. The number of carbonyl (C=O) groups is 2. The second-order valence-electron chi connectivity index (χ2n) is 5.04. The SMILES string of the molecule is CCCC(=O)Nc1cccc(NC(=O)c2ccccc2N=[N+]=[N-])c1. The van der Waals surface area contributed by atoms with Gasteiger partial charge in [0.05, 0.1) is 5.69 Å². The number of nitrogens with zero attached hydrogens (tertiary/aromatic N) is 3. The van der Waals surface area contributed by atoms with E-state index in [0.29, 0.717) is 17.8 Å². The van der Waals surface area contributed by atoms with Crippen LogP contribution in [0.4, 0.5) is 17.1 Å². The summed E-state index contributed by atoms with van der Waals surface area (Å²) < 4.78 is 0. The second-order valence-corrected chi connectivity index (χ2v) is 5.04. The van der Waals surface area contributed by atoms with Gasteiger partial charge in [-0.3, -0.25) is 9.59 Å². The van der Waals surface area contributed by atoms with Crippen LogP contribution < -0.4 is 10.6 Å². The Morgan fingerprint density at radius 1 is 1.08 bits per heavy atom. The number of anilines is 2. The molecule has 7 nitrogen and oxygen atoms in total. The molecule has 0 unspecified atom stereocenters. The monoisotopic (exact) mass is 323 g/mol. The van der Waals surface area contributed by atoms with Crippen molar-refractivity contribution in [3.05, 3.63) is 64.5 Å². The molecule has 0 heterocycles. The minimum Gasteiger partial charge on any atom is -0.326 e. The van der Waals surface area contributed by atoms with E-state index in [-0.39, 0.29) is 17.2 Å². The summed E-state index contributed by atoms with van der Waals surface area (Å²) in [6.07, 6.45) is 1.20. The number of benzene rings is 2. The molecule has 2 N–H and O–H groups in total. The predicted molar refractivity (Wildman–Crippen MR) is 93.2 cm³/mol. The molecule has 0 radical (unpaired) electrons. The molecule has 24 heavy (non-hydrogen) atoms. The number of amides is 2. The first-order chi connectivity index (χ1) is 11.6. The number of hydrogen-bond donors (Lipinski definition) is 2. The topological polar surface area (TPSA) is 107 Å². The maximum absolute atomic E-state index is 12.4. The van der Waals surface area contributed by atoms with Crippen molar-refractivity contribution in [1.82, 2.24) is 0 Å². The van der Waals surface area contributed by atoms with Gasteiger partial charge in [0.2, 0.25) is 5.91 Å². The fourth-order valence-corrected chi connectivity index (χ4v) is 2.12. The zero-order valence-electron chi connectivity index (χ0n) is 13.2. The molecule has 0 aliphatic rings. The van der Waals surface area contributed by atoms with Crippen molar-refractivity contribution < 1.29 is 9.59 Å². The summed E-state index contributed by atoms with van der Waals surface area (Å²) in [5, 5.41) is 9.01. The van der Waals surface area contributed by atoms with Gasteiger partial charge in [0.1, 0.15) is 0 Å². The number of nitrogens with one attached hydrogen (secondary N) is 2. The van der Waals surface area contributed by atoms with Crippen molar-refractivity contribution in [2.45, 2.75) is 19.8 Å². The van der Waals surface area contributed by atoms with Crippen LogP contribution in [-0.4, -0.2) is 11.8 Å². The predicted octanol–water partition coefficient (Wildman–Crippen LogP) is 4.62. The lowest BCUT2D eigenvalue weighted by atomic mass is 10.1. The minimum atomic E-state index is -0.393. The highest BCUT2D eigenvalue weighted by atomic mass is 16.2. The van der Waals surface area contributed by atoms with Crippen molar-refractivity contribution in [3.8, 4) is 0 Å². The third kappa shape index (κ3) is 4.59. The standard InChI is InChI=1S/C17H17N5O2/c1-2-6-16(23)19-12-7-5-8-13(11-12)20-17(24)14-9-3-4-10-15(14)21-22-18/h3-5,7-11H,2,6H2,1H3,(H,19,23)(H,20,24). The first-order valence-corrected chi connectivity index (χ1v) is 7.49. The number of rotatable bonds is 6. The molecule has 0 bridgehead atoms. The van der Waals surface area contributed by atoms with Crippen LogP contribution in [-0.2, 0) is 4.79 Å². The molecule has 0 aliphatic carbocycles. The van der Waals surface area contributed by atoms with Crippen molar-refractivity contribution in [2.24, 2.45) is 5.11 Å². The van der Waals surface area contributed by atoms with Crippen LogP contribution in [0, 0.1) is 0 Å². The summed E-state index contributed by atoms with van der Waals surface area (Å²) in [5.74, 6) is -0.468. The lowest BCUT2D eigenvalue weighted by Gasteiger charge is -2.09. The van der Waals surface area contributed by atoms with E-state index in [1.807, 2.05) is 6.92 Å². The molecule has 0 aliphatic heterocycles. The van der Waals surface area contributed by atoms with Gasteiger partial charge < -0.3 is 10.6 Å². The Balaban J connectivity index is 2.15. The van der Waals surface area contributed by atoms with Gasteiger partial charge in [-0.1, -0.05) is 36.3 Å². The van der Waals surface area contributed by atoms with E-state index in [1.54, 1.807) is 48.5 Å².